The molecule has 0 aliphatic carbocycles. The van der Waals surface area contributed by atoms with Crippen LogP contribution in [0.1, 0.15) is 44.6 Å². The molecule has 0 aromatic heterocycles. The Morgan fingerprint density at radius 3 is 2.52 bits per heavy atom. The van der Waals surface area contributed by atoms with Gasteiger partial charge in [0.15, 0.2) is 0 Å². The highest BCUT2D eigenvalue weighted by atomic mass is 16.4. The second-order valence-corrected chi connectivity index (χ2v) is 5.56. The van der Waals surface area contributed by atoms with Crippen LogP contribution in [-0.2, 0) is 9.59 Å². The van der Waals surface area contributed by atoms with Crippen LogP contribution in [0.3, 0.4) is 0 Å². The van der Waals surface area contributed by atoms with Crippen LogP contribution < -0.4 is 10.6 Å². The van der Waals surface area contributed by atoms with E-state index in [4.69, 9.17) is 5.73 Å². The van der Waals surface area contributed by atoms with Crippen LogP contribution in [0, 0.1) is 0 Å². The second-order valence-electron chi connectivity index (χ2n) is 5.56. The summed E-state index contributed by atoms with van der Waals surface area (Å²) in [6.07, 6.45) is 1.54. The minimum Gasteiger partial charge on any atom is -0.481 e. The van der Waals surface area contributed by atoms with Crippen molar-refractivity contribution >= 4 is 17.6 Å². The number of para-hydroxylation sites is 1. The lowest BCUT2D eigenvalue weighted by Crippen LogP contribution is -2.56. The summed E-state index contributed by atoms with van der Waals surface area (Å²) in [5, 5.41) is 9.33. The predicted molar refractivity (Wildman–Crippen MR) is 81.3 cm³/mol. The van der Waals surface area contributed by atoms with Crippen molar-refractivity contribution in [3.8, 4) is 0 Å². The Kier molecular flexibility index (Phi) is 4.32. The molecule has 1 atom stereocenters. The Morgan fingerprint density at radius 2 is 1.95 bits per heavy atom. The van der Waals surface area contributed by atoms with Crippen LogP contribution in [0.5, 0.6) is 0 Å². The molecule has 1 amide bonds. The van der Waals surface area contributed by atoms with Gasteiger partial charge in [0.1, 0.15) is 0 Å². The highest BCUT2D eigenvalue weighted by Gasteiger charge is 2.39. The van der Waals surface area contributed by atoms with Crippen LogP contribution >= 0.6 is 0 Å². The number of carboxylic acids is 1. The van der Waals surface area contributed by atoms with E-state index in [2.05, 4.69) is 0 Å². The number of carbonyl (C=O) groups is 2. The summed E-state index contributed by atoms with van der Waals surface area (Å²) < 4.78 is 0. The van der Waals surface area contributed by atoms with E-state index in [-0.39, 0.29) is 5.91 Å². The molecule has 0 saturated carbocycles. The summed E-state index contributed by atoms with van der Waals surface area (Å²) in [4.78, 5) is 25.8. The maximum absolute atomic E-state index is 12.8. The van der Waals surface area contributed by atoms with Crippen molar-refractivity contribution in [1.29, 1.82) is 0 Å². The smallest absolute Gasteiger partial charge is 0.311 e. The summed E-state index contributed by atoms with van der Waals surface area (Å²) in [7, 11) is 0. The number of fused-ring (bicyclic) bond motifs is 1. The third-order valence-electron chi connectivity index (χ3n) is 4.48. The third kappa shape index (κ3) is 2.65. The fourth-order valence-corrected chi connectivity index (χ4v) is 2.85. The summed E-state index contributed by atoms with van der Waals surface area (Å²) in [5.74, 6) is -1.52. The van der Waals surface area contributed by atoms with Crippen LogP contribution in [0.25, 0.3) is 0 Å². The first kappa shape index (κ1) is 15.5. The number of nitrogens with zero attached hydrogens (tertiary/aromatic N) is 1. The molecule has 1 unspecified atom stereocenters. The van der Waals surface area contributed by atoms with Gasteiger partial charge in [-0.2, -0.15) is 0 Å². The van der Waals surface area contributed by atoms with E-state index in [0.29, 0.717) is 37.1 Å². The van der Waals surface area contributed by atoms with Gasteiger partial charge in [-0.25, -0.2) is 0 Å². The Morgan fingerprint density at radius 1 is 1.33 bits per heavy atom. The summed E-state index contributed by atoms with van der Waals surface area (Å²) >= 11 is 0. The highest BCUT2D eigenvalue weighted by molar-refractivity contribution is 6.02. The first-order valence-corrected chi connectivity index (χ1v) is 7.37. The molecule has 21 heavy (non-hydrogen) atoms. The number of hydrogen-bond donors (Lipinski definition) is 2. The lowest BCUT2D eigenvalue weighted by atomic mass is 9.87. The summed E-state index contributed by atoms with van der Waals surface area (Å²) in [6, 6.07) is 7.20. The standard InChI is InChI=1S/C16H22N2O3/c1-3-16(17,4-2)15(21)18-10-9-12(14(19)20)11-7-5-6-8-13(11)18/h5-8,12H,3-4,9-10,17H2,1-2H3,(H,19,20). The molecule has 0 bridgehead atoms. The molecule has 114 valence electrons. The number of rotatable bonds is 4. The number of amides is 1. The molecule has 3 N–H and O–H groups in total. The van der Waals surface area contributed by atoms with Gasteiger partial charge < -0.3 is 15.7 Å². The van der Waals surface area contributed by atoms with Crippen molar-refractivity contribution in [2.75, 3.05) is 11.4 Å². The quantitative estimate of drug-likeness (QED) is 0.889. The number of nitrogens with two attached hydrogens (primary N) is 1. The molecule has 5 nitrogen and oxygen atoms in total. The lowest BCUT2D eigenvalue weighted by Gasteiger charge is -2.38. The van der Waals surface area contributed by atoms with Crippen molar-refractivity contribution in [3.05, 3.63) is 29.8 Å². The summed E-state index contributed by atoms with van der Waals surface area (Å²) in [5.41, 5.74) is 6.70. The topological polar surface area (TPSA) is 83.6 Å². The van der Waals surface area contributed by atoms with E-state index in [1.54, 1.807) is 23.1 Å². The Bertz CT molecular complexity index is 552. The van der Waals surface area contributed by atoms with Crippen molar-refractivity contribution in [1.82, 2.24) is 0 Å². The molecule has 0 radical (unpaired) electrons. The van der Waals surface area contributed by atoms with Gasteiger partial charge >= 0.3 is 5.97 Å². The number of anilines is 1. The molecule has 0 fully saturated rings. The van der Waals surface area contributed by atoms with Crippen molar-refractivity contribution in [2.45, 2.75) is 44.6 Å². The van der Waals surface area contributed by atoms with E-state index >= 15 is 0 Å². The molecule has 1 aliphatic rings. The molecule has 1 aromatic carbocycles. The molecule has 1 aromatic rings. The zero-order valence-electron chi connectivity index (χ0n) is 12.5. The molecule has 2 rings (SSSR count). The van der Waals surface area contributed by atoms with Crippen molar-refractivity contribution in [2.24, 2.45) is 5.73 Å². The van der Waals surface area contributed by atoms with Gasteiger partial charge in [-0.05, 0) is 30.9 Å². The normalized spacial score (nSPS) is 18.2. The van der Waals surface area contributed by atoms with Gasteiger partial charge in [0, 0.05) is 12.2 Å². The van der Waals surface area contributed by atoms with Crippen molar-refractivity contribution < 1.29 is 14.7 Å². The number of hydrogen-bond acceptors (Lipinski definition) is 3. The van der Waals surface area contributed by atoms with Gasteiger partial charge in [-0.3, -0.25) is 9.59 Å². The van der Waals surface area contributed by atoms with E-state index in [1.807, 2.05) is 19.9 Å². The summed E-state index contributed by atoms with van der Waals surface area (Å²) in [6.45, 7) is 4.19. The Balaban J connectivity index is 2.42. The minimum absolute atomic E-state index is 0.121. The molecule has 1 heterocycles. The van der Waals surface area contributed by atoms with Gasteiger partial charge in [0.2, 0.25) is 5.91 Å². The number of aliphatic carboxylic acids is 1. The van der Waals surface area contributed by atoms with E-state index in [1.165, 1.54) is 0 Å². The maximum atomic E-state index is 12.8. The molecular weight excluding hydrogens is 268 g/mol. The van der Waals surface area contributed by atoms with Crippen LogP contribution in [0.15, 0.2) is 24.3 Å². The molecular formula is C16H22N2O3. The fraction of sp³-hybridized carbons (Fsp3) is 0.500. The SMILES string of the molecule is CCC(N)(CC)C(=O)N1CCC(C(=O)O)c2ccccc21. The zero-order chi connectivity index (χ0) is 15.6. The zero-order valence-corrected chi connectivity index (χ0v) is 12.5. The molecule has 1 aliphatic heterocycles. The van der Waals surface area contributed by atoms with Crippen LogP contribution in [0.2, 0.25) is 0 Å². The number of benzene rings is 1. The largest absolute Gasteiger partial charge is 0.481 e. The predicted octanol–water partition coefficient (Wildman–Crippen LogP) is 2.11. The van der Waals surface area contributed by atoms with Gasteiger partial charge in [-0.15, -0.1) is 0 Å². The van der Waals surface area contributed by atoms with E-state index in [0.717, 1.165) is 0 Å². The Hall–Kier alpha value is -1.88. The average Bonchev–Trinajstić information content (AvgIpc) is 2.52. The van der Waals surface area contributed by atoms with Crippen molar-refractivity contribution in [3.63, 3.8) is 0 Å². The molecule has 0 saturated heterocycles. The number of carbonyl (C=O) groups excluding carboxylic acids is 1. The van der Waals surface area contributed by atoms with Crippen LogP contribution in [0.4, 0.5) is 5.69 Å². The number of carboxylic acid groups (broad SMARTS) is 1. The minimum atomic E-state index is -0.886. The van der Waals surface area contributed by atoms with Gasteiger partial charge in [0.25, 0.3) is 0 Å². The van der Waals surface area contributed by atoms with E-state index < -0.39 is 17.4 Å². The second kappa shape index (κ2) is 5.85. The first-order valence-electron chi connectivity index (χ1n) is 7.37. The van der Waals surface area contributed by atoms with E-state index in [9.17, 15) is 14.7 Å². The average molecular weight is 290 g/mol. The molecule has 5 heteroatoms. The third-order valence-corrected chi connectivity index (χ3v) is 4.48. The van der Waals surface area contributed by atoms with Crippen LogP contribution in [-0.4, -0.2) is 29.1 Å². The first-order chi connectivity index (χ1) is 9.94. The highest BCUT2D eigenvalue weighted by Crippen LogP contribution is 2.36. The Labute approximate surface area is 124 Å². The molecule has 0 spiro atoms. The maximum Gasteiger partial charge on any atom is 0.311 e. The fourth-order valence-electron chi connectivity index (χ4n) is 2.85. The lowest BCUT2D eigenvalue weighted by molar-refractivity contribution is -0.139. The van der Waals surface area contributed by atoms with Gasteiger partial charge in [-0.1, -0.05) is 32.0 Å². The monoisotopic (exact) mass is 290 g/mol. The van der Waals surface area contributed by atoms with Gasteiger partial charge in [0.05, 0.1) is 11.5 Å².